The van der Waals surface area contributed by atoms with Gasteiger partial charge in [0.2, 0.25) is 0 Å². The van der Waals surface area contributed by atoms with Crippen LogP contribution in [0.3, 0.4) is 0 Å². The van der Waals surface area contributed by atoms with E-state index in [1.165, 1.54) is 12.1 Å². The van der Waals surface area contributed by atoms with Crippen molar-refractivity contribution in [3.05, 3.63) is 76.5 Å². The Morgan fingerprint density at radius 3 is 2.66 bits per heavy atom. The van der Waals surface area contributed by atoms with Crippen LogP contribution in [0.15, 0.2) is 54.5 Å². The summed E-state index contributed by atoms with van der Waals surface area (Å²) in [5.41, 5.74) is 8.77. The largest absolute Gasteiger partial charge is 0.383 e. The highest BCUT2D eigenvalue weighted by molar-refractivity contribution is 8.32. The highest BCUT2D eigenvalue weighted by atomic mass is 35.5. The monoisotopic (exact) mass is 549 g/mol. The lowest BCUT2D eigenvalue weighted by Crippen LogP contribution is -2.45. The van der Waals surface area contributed by atoms with Crippen molar-refractivity contribution in [2.75, 3.05) is 41.7 Å². The van der Waals surface area contributed by atoms with Gasteiger partial charge >= 0.3 is 0 Å². The van der Waals surface area contributed by atoms with Gasteiger partial charge in [0.05, 0.1) is 32.9 Å². The van der Waals surface area contributed by atoms with Crippen LogP contribution in [0.4, 0.5) is 15.8 Å². The Kier molecular flexibility index (Phi) is 7.12. The summed E-state index contributed by atoms with van der Waals surface area (Å²) in [6.45, 7) is 0.720. The molecule has 196 valence electrons. The van der Waals surface area contributed by atoms with Gasteiger partial charge in [0, 0.05) is 36.1 Å². The summed E-state index contributed by atoms with van der Waals surface area (Å²) in [6.07, 6.45) is 12.4. The maximum atomic E-state index is 13.8. The SMILES string of the molecule is [B]C(Nc1cc(Cl)c2ncc(C#N)c(NCCS(C)(C)C)c2c1)(C1=CN(C2CC2)NN1)c1ccc(F)cc1. The summed E-state index contributed by atoms with van der Waals surface area (Å²) in [5, 5.41) is 19.8. The molecule has 1 aliphatic carbocycles. The standard InChI is InChI=1S/C27H30BClFN7S/c1-38(2,3)11-10-32-25-17(14-31)15-33-26-22(25)12-20(13-23(26)29)34-27(28,18-4-6-19(30)7-5-18)24-16-37(36-35-24)21-8-9-21/h4-7,12-13,15-16,21,34-36H,8-11H2,1-3H3,(H,32,33). The van der Waals surface area contributed by atoms with Crippen LogP contribution in [0.25, 0.3) is 10.9 Å². The molecule has 1 fully saturated rings. The summed E-state index contributed by atoms with van der Waals surface area (Å²) >= 11 is 6.71. The molecule has 1 unspecified atom stereocenters. The molecule has 5 rings (SSSR count). The molecule has 7 nitrogen and oxygen atoms in total. The van der Waals surface area contributed by atoms with Crippen molar-refractivity contribution in [3.8, 4) is 6.07 Å². The first kappa shape index (κ1) is 26.5. The van der Waals surface area contributed by atoms with Gasteiger partial charge in [-0.2, -0.15) is 5.26 Å². The van der Waals surface area contributed by atoms with Crippen molar-refractivity contribution in [1.82, 2.24) is 21.0 Å². The smallest absolute Gasteiger partial charge is 0.123 e. The van der Waals surface area contributed by atoms with E-state index in [0.717, 1.165) is 30.5 Å². The number of rotatable bonds is 9. The highest BCUT2D eigenvalue weighted by Crippen LogP contribution is 2.39. The number of hydrogen-bond acceptors (Lipinski definition) is 7. The topological polar surface area (TPSA) is 88.0 Å². The average Bonchev–Trinajstić information content (AvgIpc) is 3.59. The fraction of sp³-hybridized carbons (Fsp3) is 0.333. The van der Waals surface area contributed by atoms with Crippen LogP contribution in [0.2, 0.25) is 5.02 Å². The Balaban J connectivity index is 1.56. The Hall–Kier alpha value is -3.13. The van der Waals surface area contributed by atoms with E-state index in [1.807, 2.05) is 17.3 Å². The quantitative estimate of drug-likeness (QED) is 0.286. The van der Waals surface area contributed by atoms with Crippen molar-refractivity contribution >= 4 is 51.8 Å². The molecule has 0 saturated heterocycles. The molecule has 2 aliphatic rings. The molecule has 0 spiro atoms. The molecular weight excluding hydrogens is 520 g/mol. The minimum Gasteiger partial charge on any atom is -0.383 e. The van der Waals surface area contributed by atoms with E-state index in [2.05, 4.69) is 51.4 Å². The second-order valence-electron chi connectivity index (χ2n) is 10.6. The lowest BCUT2D eigenvalue weighted by atomic mass is 9.69. The third-order valence-corrected chi connectivity index (χ3v) is 8.37. The number of anilines is 2. The average molecular weight is 550 g/mol. The van der Waals surface area contributed by atoms with Crippen LogP contribution in [-0.4, -0.2) is 54.9 Å². The summed E-state index contributed by atoms with van der Waals surface area (Å²) in [4.78, 5) is 4.46. The van der Waals surface area contributed by atoms with Crippen LogP contribution < -0.4 is 21.6 Å². The number of aromatic nitrogens is 1. The van der Waals surface area contributed by atoms with Gasteiger partial charge in [0.1, 0.15) is 19.7 Å². The number of pyridine rings is 1. The minimum atomic E-state index is -1.25. The van der Waals surface area contributed by atoms with Crippen LogP contribution >= 0.6 is 21.6 Å². The number of benzene rings is 2. The minimum absolute atomic E-state index is 0.348. The molecule has 1 aromatic heterocycles. The summed E-state index contributed by atoms with van der Waals surface area (Å²) in [7, 11) is 6.33. The fourth-order valence-corrected chi connectivity index (χ4v) is 5.39. The summed E-state index contributed by atoms with van der Waals surface area (Å²) in [6, 6.07) is 12.4. The number of nitrogens with one attached hydrogen (secondary N) is 4. The first-order valence-corrected chi connectivity index (χ1v) is 15.8. The van der Waals surface area contributed by atoms with E-state index in [1.54, 1.807) is 24.4 Å². The maximum absolute atomic E-state index is 13.8. The van der Waals surface area contributed by atoms with Gasteiger partial charge in [-0.05, 0) is 67.2 Å². The normalized spacial score (nSPS) is 17.4. The van der Waals surface area contributed by atoms with Crippen LogP contribution in [0.5, 0.6) is 0 Å². The fourth-order valence-electron chi connectivity index (χ4n) is 4.40. The lowest BCUT2D eigenvalue weighted by Gasteiger charge is -2.34. The molecule has 0 bridgehead atoms. The molecule has 38 heavy (non-hydrogen) atoms. The Labute approximate surface area is 230 Å². The van der Waals surface area contributed by atoms with Gasteiger partial charge in [-0.25, -0.2) is 14.4 Å². The first-order chi connectivity index (χ1) is 18.1. The van der Waals surface area contributed by atoms with Gasteiger partial charge in [-0.3, -0.25) is 9.99 Å². The summed E-state index contributed by atoms with van der Waals surface area (Å²) in [5.74, 6) is 0.646. The van der Waals surface area contributed by atoms with E-state index >= 15 is 0 Å². The highest BCUT2D eigenvalue weighted by Gasteiger charge is 2.37. The van der Waals surface area contributed by atoms with E-state index in [9.17, 15) is 9.65 Å². The van der Waals surface area contributed by atoms with Crippen LogP contribution in [-0.2, 0) is 5.44 Å². The van der Waals surface area contributed by atoms with Crippen molar-refractivity contribution in [2.24, 2.45) is 0 Å². The molecule has 3 aromatic rings. The molecule has 1 atom stereocenters. The van der Waals surface area contributed by atoms with Crippen molar-refractivity contribution in [2.45, 2.75) is 24.3 Å². The van der Waals surface area contributed by atoms with Crippen molar-refractivity contribution in [3.63, 3.8) is 0 Å². The van der Waals surface area contributed by atoms with E-state index in [-0.39, 0.29) is 5.82 Å². The number of nitrogens with zero attached hydrogens (tertiary/aromatic N) is 3. The Bertz CT molecular complexity index is 1430. The van der Waals surface area contributed by atoms with E-state index in [0.29, 0.717) is 44.8 Å². The zero-order valence-electron chi connectivity index (χ0n) is 21.6. The molecule has 11 heteroatoms. The molecule has 1 saturated carbocycles. The van der Waals surface area contributed by atoms with E-state index in [4.69, 9.17) is 19.4 Å². The van der Waals surface area contributed by atoms with Crippen LogP contribution in [0.1, 0.15) is 24.0 Å². The van der Waals surface area contributed by atoms with Gasteiger partial charge in [0.15, 0.2) is 0 Å². The number of nitriles is 1. The number of hydrogen-bond donors (Lipinski definition) is 4. The summed E-state index contributed by atoms with van der Waals surface area (Å²) < 4.78 is 13.8. The first-order valence-electron chi connectivity index (χ1n) is 12.3. The molecule has 4 N–H and O–H groups in total. The molecule has 2 heterocycles. The predicted octanol–water partition coefficient (Wildman–Crippen LogP) is 4.77. The van der Waals surface area contributed by atoms with Crippen LogP contribution in [0, 0.1) is 17.1 Å². The molecule has 2 aromatic carbocycles. The predicted molar refractivity (Wildman–Crippen MR) is 157 cm³/mol. The molecular formula is C27H30BClFN7S. The number of hydrazine groups is 2. The second-order valence-corrected chi connectivity index (χ2v) is 15.6. The Morgan fingerprint density at radius 2 is 2.00 bits per heavy atom. The van der Waals surface area contributed by atoms with Gasteiger partial charge in [-0.1, -0.05) is 23.7 Å². The maximum Gasteiger partial charge on any atom is 0.123 e. The number of halogens is 2. The van der Waals surface area contributed by atoms with Gasteiger partial charge in [-0.15, -0.1) is 5.53 Å². The Morgan fingerprint density at radius 1 is 1.26 bits per heavy atom. The number of fused-ring (bicyclic) bond motifs is 1. The van der Waals surface area contributed by atoms with E-state index < -0.39 is 15.5 Å². The third kappa shape index (κ3) is 5.51. The van der Waals surface area contributed by atoms with Gasteiger partial charge in [0.25, 0.3) is 0 Å². The second kappa shape index (κ2) is 10.2. The lowest BCUT2D eigenvalue weighted by molar-refractivity contribution is 0.260. The zero-order chi connectivity index (χ0) is 27.1. The zero-order valence-corrected chi connectivity index (χ0v) is 23.2. The van der Waals surface area contributed by atoms with Gasteiger partial charge < -0.3 is 16.1 Å². The molecule has 0 amide bonds. The van der Waals surface area contributed by atoms with Crippen molar-refractivity contribution in [1.29, 1.82) is 5.26 Å². The molecule has 1 aliphatic heterocycles. The van der Waals surface area contributed by atoms with Crippen molar-refractivity contribution < 1.29 is 4.39 Å². The third-order valence-electron chi connectivity index (χ3n) is 6.66. The molecule has 2 radical (unpaired) electrons.